The Morgan fingerprint density at radius 1 is 1.50 bits per heavy atom. The van der Waals surface area contributed by atoms with Crippen molar-refractivity contribution in [2.45, 2.75) is 31.3 Å². The Morgan fingerprint density at radius 3 is 2.58 bits per heavy atom. The van der Waals surface area contributed by atoms with Gasteiger partial charge in [-0.15, -0.1) is 0 Å². The van der Waals surface area contributed by atoms with Crippen LogP contribution in [0.2, 0.25) is 0 Å². The van der Waals surface area contributed by atoms with Crippen LogP contribution in [-0.2, 0) is 9.53 Å². The molecule has 0 radical (unpaired) electrons. The van der Waals surface area contributed by atoms with Gasteiger partial charge in [0.1, 0.15) is 6.10 Å². The average Bonchev–Trinajstić information content (AvgIpc) is 2.06. The summed E-state index contributed by atoms with van der Waals surface area (Å²) in [5.74, 6) is -3.43. The SMILES string of the molecule is O=C(S)C(F)(F)C1CCCCO1. The van der Waals surface area contributed by atoms with Crippen LogP contribution in [0.4, 0.5) is 8.78 Å². The summed E-state index contributed by atoms with van der Waals surface area (Å²) in [7, 11) is 0. The summed E-state index contributed by atoms with van der Waals surface area (Å²) in [6, 6.07) is 0. The van der Waals surface area contributed by atoms with Crippen molar-refractivity contribution in [2.24, 2.45) is 0 Å². The lowest BCUT2D eigenvalue weighted by molar-refractivity contribution is -0.166. The molecule has 0 N–H and O–H groups in total. The molecule has 1 saturated heterocycles. The van der Waals surface area contributed by atoms with Crippen molar-refractivity contribution in [1.29, 1.82) is 0 Å². The normalized spacial score (nSPS) is 25.4. The summed E-state index contributed by atoms with van der Waals surface area (Å²) in [5.41, 5.74) is 0. The monoisotopic (exact) mass is 196 g/mol. The average molecular weight is 196 g/mol. The van der Waals surface area contributed by atoms with Crippen molar-refractivity contribution >= 4 is 17.7 Å². The smallest absolute Gasteiger partial charge is 0.340 e. The van der Waals surface area contributed by atoms with E-state index in [-0.39, 0.29) is 6.42 Å². The van der Waals surface area contributed by atoms with Gasteiger partial charge in [-0.05, 0) is 19.3 Å². The van der Waals surface area contributed by atoms with Gasteiger partial charge >= 0.3 is 5.92 Å². The number of thiol groups is 1. The molecular weight excluding hydrogens is 186 g/mol. The summed E-state index contributed by atoms with van der Waals surface area (Å²) >= 11 is 3.12. The van der Waals surface area contributed by atoms with Crippen LogP contribution in [0.5, 0.6) is 0 Å². The minimum atomic E-state index is -3.43. The topological polar surface area (TPSA) is 26.3 Å². The molecular formula is C7H10F2O2S. The van der Waals surface area contributed by atoms with Gasteiger partial charge in [0.15, 0.2) is 0 Å². The second-order valence-corrected chi connectivity index (χ2v) is 3.19. The molecule has 0 saturated carbocycles. The van der Waals surface area contributed by atoms with Gasteiger partial charge in [-0.25, -0.2) is 0 Å². The predicted octanol–water partition coefficient (Wildman–Crippen LogP) is 1.65. The molecule has 1 rings (SSSR count). The molecule has 5 heteroatoms. The van der Waals surface area contributed by atoms with Crippen molar-refractivity contribution < 1.29 is 18.3 Å². The zero-order valence-electron chi connectivity index (χ0n) is 6.43. The molecule has 1 atom stereocenters. The van der Waals surface area contributed by atoms with Crippen molar-refractivity contribution in [1.82, 2.24) is 0 Å². The Kier molecular flexibility index (Phi) is 3.06. The standard InChI is InChI=1S/C7H10F2O2S/c8-7(9,6(10)12)5-3-1-2-4-11-5/h5H,1-4H2,(H,10,12). The van der Waals surface area contributed by atoms with E-state index in [0.29, 0.717) is 13.0 Å². The fraction of sp³-hybridized carbons (Fsp3) is 0.857. The maximum atomic E-state index is 12.9. The number of ether oxygens (including phenoxy) is 1. The van der Waals surface area contributed by atoms with Crippen molar-refractivity contribution in [3.8, 4) is 0 Å². The molecule has 0 aromatic carbocycles. The van der Waals surface area contributed by atoms with Crippen molar-refractivity contribution in [3.63, 3.8) is 0 Å². The summed E-state index contributed by atoms with van der Waals surface area (Å²) in [6.07, 6.45) is 0.435. The Morgan fingerprint density at radius 2 is 2.17 bits per heavy atom. The lowest BCUT2D eigenvalue weighted by Gasteiger charge is -2.27. The Balaban J connectivity index is 2.59. The lowest BCUT2D eigenvalue weighted by atomic mass is 10.0. The molecule has 0 amide bonds. The molecule has 12 heavy (non-hydrogen) atoms. The molecule has 70 valence electrons. The molecule has 1 unspecified atom stereocenters. The van der Waals surface area contributed by atoms with Crippen LogP contribution < -0.4 is 0 Å². The summed E-state index contributed by atoms with van der Waals surface area (Å²) in [5, 5.41) is -1.41. The van der Waals surface area contributed by atoms with Gasteiger partial charge in [0.2, 0.25) is 0 Å². The number of halogens is 2. The fourth-order valence-corrected chi connectivity index (χ4v) is 1.31. The minimum absolute atomic E-state index is 0.235. The van der Waals surface area contributed by atoms with Gasteiger partial charge in [0.05, 0.1) is 0 Å². The summed E-state index contributed by atoms with van der Waals surface area (Å²) < 4.78 is 30.5. The van der Waals surface area contributed by atoms with Gasteiger partial charge in [-0.1, -0.05) is 12.6 Å². The second-order valence-electron chi connectivity index (χ2n) is 2.78. The number of hydrogen-bond donors (Lipinski definition) is 1. The first kappa shape index (κ1) is 9.92. The van der Waals surface area contributed by atoms with E-state index >= 15 is 0 Å². The maximum absolute atomic E-state index is 12.9. The number of hydrogen-bond acceptors (Lipinski definition) is 2. The Hall–Kier alpha value is -0.160. The largest absolute Gasteiger partial charge is 0.371 e. The fourth-order valence-electron chi connectivity index (χ4n) is 1.16. The molecule has 1 aliphatic rings. The first-order valence-electron chi connectivity index (χ1n) is 3.78. The molecule has 1 fully saturated rings. The van der Waals surface area contributed by atoms with E-state index in [1.807, 2.05) is 0 Å². The third kappa shape index (κ3) is 1.95. The molecule has 1 aliphatic heterocycles. The Labute approximate surface area is 74.7 Å². The van der Waals surface area contributed by atoms with E-state index in [1.54, 1.807) is 0 Å². The lowest BCUT2D eigenvalue weighted by Crippen LogP contribution is -2.42. The van der Waals surface area contributed by atoms with Gasteiger partial charge < -0.3 is 4.74 Å². The van der Waals surface area contributed by atoms with Crippen LogP contribution in [0.1, 0.15) is 19.3 Å². The second kappa shape index (κ2) is 3.70. The molecule has 0 spiro atoms. The molecule has 1 heterocycles. The molecule has 0 aromatic rings. The first-order chi connectivity index (χ1) is 5.55. The highest BCUT2D eigenvalue weighted by molar-refractivity contribution is 7.96. The third-order valence-corrected chi connectivity index (χ3v) is 2.17. The van der Waals surface area contributed by atoms with Crippen LogP contribution in [-0.4, -0.2) is 23.7 Å². The zero-order valence-corrected chi connectivity index (χ0v) is 7.32. The molecule has 0 aliphatic carbocycles. The van der Waals surface area contributed by atoms with E-state index in [9.17, 15) is 13.6 Å². The van der Waals surface area contributed by atoms with Gasteiger partial charge in [-0.2, -0.15) is 8.78 Å². The van der Waals surface area contributed by atoms with E-state index in [4.69, 9.17) is 4.74 Å². The minimum Gasteiger partial charge on any atom is -0.371 e. The highest BCUT2D eigenvalue weighted by Crippen LogP contribution is 2.30. The molecule has 2 nitrogen and oxygen atoms in total. The predicted molar refractivity (Wildman–Crippen MR) is 42.5 cm³/mol. The molecule has 0 bridgehead atoms. The highest BCUT2D eigenvalue weighted by atomic mass is 32.1. The number of carbonyl (C=O) groups is 1. The van der Waals surface area contributed by atoms with E-state index in [2.05, 4.69) is 12.6 Å². The maximum Gasteiger partial charge on any atom is 0.340 e. The first-order valence-corrected chi connectivity index (χ1v) is 4.22. The van der Waals surface area contributed by atoms with Crippen LogP contribution in [0.3, 0.4) is 0 Å². The number of alkyl halides is 2. The Bertz CT molecular complexity index is 178. The van der Waals surface area contributed by atoms with E-state index in [0.717, 1.165) is 6.42 Å². The van der Waals surface area contributed by atoms with E-state index in [1.165, 1.54) is 0 Å². The summed E-state index contributed by atoms with van der Waals surface area (Å²) in [4.78, 5) is 10.4. The third-order valence-electron chi connectivity index (χ3n) is 1.87. The quantitative estimate of drug-likeness (QED) is 0.679. The van der Waals surface area contributed by atoms with Crippen LogP contribution in [0.25, 0.3) is 0 Å². The van der Waals surface area contributed by atoms with Crippen LogP contribution in [0, 0.1) is 0 Å². The highest BCUT2D eigenvalue weighted by Gasteiger charge is 2.46. The van der Waals surface area contributed by atoms with Crippen LogP contribution >= 0.6 is 12.6 Å². The van der Waals surface area contributed by atoms with Crippen molar-refractivity contribution in [2.75, 3.05) is 6.61 Å². The number of rotatable bonds is 2. The van der Waals surface area contributed by atoms with Crippen molar-refractivity contribution in [3.05, 3.63) is 0 Å². The van der Waals surface area contributed by atoms with Gasteiger partial charge in [-0.3, -0.25) is 4.79 Å². The van der Waals surface area contributed by atoms with Gasteiger partial charge in [0.25, 0.3) is 5.12 Å². The van der Waals surface area contributed by atoms with Gasteiger partial charge in [0, 0.05) is 6.61 Å². The number of carbonyl (C=O) groups excluding carboxylic acids is 1. The van der Waals surface area contributed by atoms with Crippen LogP contribution in [0.15, 0.2) is 0 Å². The summed E-state index contributed by atoms with van der Waals surface area (Å²) in [6.45, 7) is 0.307. The molecule has 0 aromatic heterocycles. The van der Waals surface area contributed by atoms with E-state index < -0.39 is 17.1 Å². The zero-order chi connectivity index (χ0) is 9.19.